The van der Waals surface area contributed by atoms with E-state index in [1.807, 2.05) is 24.4 Å². The Bertz CT molecular complexity index is 585. The predicted octanol–water partition coefficient (Wildman–Crippen LogP) is 3.54. The van der Waals surface area contributed by atoms with E-state index in [-0.39, 0.29) is 11.9 Å². The van der Waals surface area contributed by atoms with Crippen molar-refractivity contribution in [1.29, 1.82) is 0 Å². The molecule has 0 spiro atoms. The van der Waals surface area contributed by atoms with Gasteiger partial charge in [0.1, 0.15) is 6.04 Å². The van der Waals surface area contributed by atoms with Crippen molar-refractivity contribution in [3.8, 4) is 0 Å². The van der Waals surface area contributed by atoms with E-state index < -0.39 is 0 Å². The van der Waals surface area contributed by atoms with Crippen LogP contribution in [0, 0.1) is 6.92 Å². The van der Waals surface area contributed by atoms with Crippen LogP contribution in [0.2, 0.25) is 5.02 Å². The molecule has 0 fully saturated rings. The van der Waals surface area contributed by atoms with Crippen molar-refractivity contribution < 1.29 is 4.79 Å². The molecule has 4 nitrogen and oxygen atoms in total. The van der Waals surface area contributed by atoms with Gasteiger partial charge in [-0.25, -0.2) is 4.98 Å². The van der Waals surface area contributed by atoms with Crippen LogP contribution in [0.3, 0.4) is 0 Å². The number of aromatic nitrogens is 1. The van der Waals surface area contributed by atoms with Crippen LogP contribution in [0.5, 0.6) is 0 Å². The molecule has 6 heteroatoms. The Hall–Kier alpha value is -1.59. The first-order chi connectivity index (χ1) is 9.04. The number of amides is 1. The van der Waals surface area contributed by atoms with Gasteiger partial charge in [-0.05, 0) is 32.0 Å². The fraction of sp³-hybridized carbons (Fsp3) is 0.231. The molecule has 2 rings (SSSR count). The molecule has 2 N–H and O–H groups in total. The summed E-state index contributed by atoms with van der Waals surface area (Å²) < 4.78 is 0. The minimum atomic E-state index is -0.373. The lowest BCUT2D eigenvalue weighted by molar-refractivity contribution is -0.116. The Kier molecular flexibility index (Phi) is 4.39. The number of rotatable bonds is 4. The Labute approximate surface area is 120 Å². The molecule has 0 saturated heterocycles. The van der Waals surface area contributed by atoms with E-state index in [0.717, 1.165) is 11.4 Å². The van der Waals surface area contributed by atoms with Gasteiger partial charge < -0.3 is 10.6 Å². The molecule has 0 bridgehead atoms. The van der Waals surface area contributed by atoms with Crippen molar-refractivity contribution in [3.05, 3.63) is 40.4 Å². The third kappa shape index (κ3) is 3.94. The Balaban J connectivity index is 1.96. The van der Waals surface area contributed by atoms with Gasteiger partial charge in [0.15, 0.2) is 5.13 Å². The van der Waals surface area contributed by atoms with Crippen LogP contribution in [-0.4, -0.2) is 16.9 Å². The highest BCUT2D eigenvalue weighted by Crippen LogP contribution is 2.17. The van der Waals surface area contributed by atoms with Crippen molar-refractivity contribution >= 4 is 39.7 Å². The largest absolute Gasteiger partial charge is 0.374 e. The summed E-state index contributed by atoms with van der Waals surface area (Å²) in [7, 11) is 0. The second-order valence-corrected chi connectivity index (χ2v) is 5.45. The van der Waals surface area contributed by atoms with Crippen LogP contribution in [0.1, 0.15) is 12.6 Å². The number of anilines is 2. The van der Waals surface area contributed by atoms with Crippen molar-refractivity contribution in [3.63, 3.8) is 0 Å². The first kappa shape index (κ1) is 13.8. The lowest BCUT2D eigenvalue weighted by Gasteiger charge is -2.14. The van der Waals surface area contributed by atoms with Gasteiger partial charge in [-0.15, -0.1) is 11.3 Å². The SMILES string of the molecule is Cc1csc(NC(=O)[C@@H](C)Nc2cccc(Cl)c2)n1. The average molecular weight is 296 g/mol. The Morgan fingerprint density at radius 2 is 2.26 bits per heavy atom. The number of thiazole rings is 1. The quantitative estimate of drug-likeness (QED) is 0.907. The number of nitrogens with zero attached hydrogens (tertiary/aromatic N) is 1. The zero-order valence-electron chi connectivity index (χ0n) is 10.6. The van der Waals surface area contributed by atoms with Crippen LogP contribution in [-0.2, 0) is 4.79 Å². The minimum Gasteiger partial charge on any atom is -0.374 e. The van der Waals surface area contributed by atoms with Crippen LogP contribution in [0.15, 0.2) is 29.6 Å². The molecule has 0 radical (unpaired) electrons. The average Bonchev–Trinajstić information content (AvgIpc) is 2.74. The topological polar surface area (TPSA) is 54.0 Å². The molecule has 1 atom stereocenters. The molecule has 0 aliphatic carbocycles. The maximum absolute atomic E-state index is 12.0. The maximum atomic E-state index is 12.0. The van der Waals surface area contributed by atoms with Crippen molar-refractivity contribution in [1.82, 2.24) is 4.98 Å². The molecule has 0 saturated carbocycles. The molecule has 1 aromatic carbocycles. The Morgan fingerprint density at radius 1 is 1.47 bits per heavy atom. The number of benzene rings is 1. The van der Waals surface area contributed by atoms with Gasteiger partial charge in [0, 0.05) is 16.1 Å². The summed E-state index contributed by atoms with van der Waals surface area (Å²) in [4.78, 5) is 16.2. The summed E-state index contributed by atoms with van der Waals surface area (Å²) in [6.07, 6.45) is 0. The number of nitrogens with one attached hydrogen (secondary N) is 2. The van der Waals surface area contributed by atoms with Crippen LogP contribution >= 0.6 is 22.9 Å². The van der Waals surface area contributed by atoms with Gasteiger partial charge in [0.25, 0.3) is 0 Å². The molecular weight excluding hydrogens is 282 g/mol. The number of carbonyl (C=O) groups excluding carboxylic acids is 1. The smallest absolute Gasteiger partial charge is 0.248 e. The molecule has 1 amide bonds. The standard InChI is InChI=1S/C13H14ClN3OS/c1-8-7-19-13(15-8)17-12(18)9(2)16-11-5-3-4-10(14)6-11/h3-7,9,16H,1-2H3,(H,15,17,18)/t9-/m1/s1. The van der Waals surface area contributed by atoms with Gasteiger partial charge in [0.2, 0.25) is 5.91 Å². The summed E-state index contributed by atoms with van der Waals surface area (Å²) in [6, 6.07) is 6.89. The second kappa shape index (κ2) is 6.04. The normalized spacial score (nSPS) is 11.9. The molecule has 100 valence electrons. The van der Waals surface area contributed by atoms with E-state index in [4.69, 9.17) is 11.6 Å². The lowest BCUT2D eigenvalue weighted by atomic mass is 10.2. The van der Waals surface area contributed by atoms with E-state index in [1.165, 1.54) is 11.3 Å². The highest BCUT2D eigenvalue weighted by atomic mass is 35.5. The fourth-order valence-corrected chi connectivity index (χ4v) is 2.40. The van der Waals surface area contributed by atoms with E-state index >= 15 is 0 Å². The van der Waals surface area contributed by atoms with Gasteiger partial charge in [-0.2, -0.15) is 0 Å². The summed E-state index contributed by atoms with van der Waals surface area (Å²) >= 11 is 7.30. The third-order valence-corrected chi connectivity index (χ3v) is 3.56. The fourth-order valence-electron chi connectivity index (χ4n) is 1.52. The first-order valence-corrected chi connectivity index (χ1v) is 7.05. The molecular formula is C13H14ClN3OS. The molecule has 1 heterocycles. The molecule has 0 unspecified atom stereocenters. The summed E-state index contributed by atoms with van der Waals surface area (Å²) in [5, 5.41) is 9.00. The summed E-state index contributed by atoms with van der Waals surface area (Å²) in [5.74, 6) is -0.130. The van der Waals surface area contributed by atoms with Crippen molar-refractivity contribution in [2.24, 2.45) is 0 Å². The molecule has 2 aromatic rings. The zero-order valence-corrected chi connectivity index (χ0v) is 12.2. The number of hydrogen-bond acceptors (Lipinski definition) is 4. The van der Waals surface area contributed by atoms with Gasteiger partial charge >= 0.3 is 0 Å². The number of hydrogen-bond donors (Lipinski definition) is 2. The Morgan fingerprint density at radius 3 is 2.89 bits per heavy atom. The van der Waals surface area contributed by atoms with Gasteiger partial charge in [0.05, 0.1) is 5.69 Å². The van der Waals surface area contributed by atoms with Crippen molar-refractivity contribution in [2.75, 3.05) is 10.6 Å². The van der Waals surface area contributed by atoms with Crippen LogP contribution < -0.4 is 10.6 Å². The zero-order chi connectivity index (χ0) is 13.8. The first-order valence-electron chi connectivity index (χ1n) is 5.79. The van der Waals surface area contributed by atoms with Gasteiger partial charge in [-0.3, -0.25) is 4.79 Å². The molecule has 19 heavy (non-hydrogen) atoms. The summed E-state index contributed by atoms with van der Waals surface area (Å²) in [6.45, 7) is 3.68. The number of halogens is 1. The van der Waals surface area contributed by atoms with E-state index in [0.29, 0.717) is 10.2 Å². The molecule has 1 aromatic heterocycles. The lowest BCUT2D eigenvalue weighted by Crippen LogP contribution is -2.31. The predicted molar refractivity (Wildman–Crippen MR) is 80.0 cm³/mol. The van der Waals surface area contributed by atoms with Crippen molar-refractivity contribution in [2.45, 2.75) is 19.9 Å². The molecule has 0 aliphatic heterocycles. The van der Waals surface area contributed by atoms with E-state index in [9.17, 15) is 4.79 Å². The van der Waals surface area contributed by atoms with Crippen LogP contribution in [0.25, 0.3) is 0 Å². The highest BCUT2D eigenvalue weighted by molar-refractivity contribution is 7.13. The van der Waals surface area contributed by atoms with Gasteiger partial charge in [-0.1, -0.05) is 17.7 Å². The van der Waals surface area contributed by atoms with E-state index in [2.05, 4.69) is 15.6 Å². The minimum absolute atomic E-state index is 0.130. The summed E-state index contributed by atoms with van der Waals surface area (Å²) in [5.41, 5.74) is 1.71. The van der Waals surface area contributed by atoms with Crippen LogP contribution in [0.4, 0.5) is 10.8 Å². The second-order valence-electron chi connectivity index (χ2n) is 4.16. The maximum Gasteiger partial charge on any atom is 0.248 e. The number of aryl methyl sites for hydroxylation is 1. The third-order valence-electron chi connectivity index (χ3n) is 2.45. The van der Waals surface area contributed by atoms with E-state index in [1.54, 1.807) is 19.1 Å². The highest BCUT2D eigenvalue weighted by Gasteiger charge is 2.14. The number of carbonyl (C=O) groups is 1. The monoisotopic (exact) mass is 295 g/mol. The molecule has 0 aliphatic rings.